The molecular formula is C24H23Cl2N5O4. The van der Waals surface area contributed by atoms with Gasteiger partial charge in [-0.05, 0) is 48.7 Å². The molecule has 2 aromatic carbocycles. The second kappa shape index (κ2) is 10.5. The smallest absolute Gasteiger partial charge is 0.282 e. The van der Waals surface area contributed by atoms with Gasteiger partial charge in [-0.25, -0.2) is 4.98 Å². The van der Waals surface area contributed by atoms with Gasteiger partial charge in [-0.3, -0.25) is 19.7 Å². The van der Waals surface area contributed by atoms with Crippen LogP contribution in [0.25, 0.3) is 0 Å². The minimum absolute atomic E-state index is 0.0446. The first-order valence-corrected chi connectivity index (χ1v) is 11.8. The Bertz CT molecular complexity index is 1280. The van der Waals surface area contributed by atoms with Crippen molar-refractivity contribution in [1.82, 2.24) is 14.5 Å². The molecular weight excluding hydrogens is 493 g/mol. The van der Waals surface area contributed by atoms with Crippen LogP contribution in [0.5, 0.6) is 0 Å². The number of nitro benzene ring substituents is 1. The third kappa shape index (κ3) is 5.63. The summed E-state index contributed by atoms with van der Waals surface area (Å²) in [7, 11) is 0. The molecule has 1 fully saturated rings. The number of nitro groups is 1. The van der Waals surface area contributed by atoms with Crippen LogP contribution in [0.15, 0.2) is 48.8 Å². The highest BCUT2D eigenvalue weighted by molar-refractivity contribution is 6.33. The summed E-state index contributed by atoms with van der Waals surface area (Å²) in [4.78, 5) is 41.6. The highest BCUT2D eigenvalue weighted by atomic mass is 35.5. The molecule has 4 rings (SSSR count). The molecule has 0 spiro atoms. The summed E-state index contributed by atoms with van der Waals surface area (Å²) >= 11 is 12.5. The van der Waals surface area contributed by atoms with E-state index in [9.17, 15) is 19.7 Å². The van der Waals surface area contributed by atoms with Gasteiger partial charge in [-0.15, -0.1) is 0 Å². The zero-order valence-corrected chi connectivity index (χ0v) is 20.4. The van der Waals surface area contributed by atoms with Crippen LogP contribution in [-0.2, 0) is 11.3 Å². The lowest BCUT2D eigenvalue weighted by Crippen LogP contribution is -2.38. The number of carbonyl (C=O) groups excluding carboxylic acids is 2. The van der Waals surface area contributed by atoms with Crippen molar-refractivity contribution < 1.29 is 14.5 Å². The Morgan fingerprint density at radius 3 is 2.60 bits per heavy atom. The number of rotatable bonds is 6. The SMILES string of the molecule is CC(=O)Nc1ccc([N+](=O)[O-])c(C(=O)N2CCC(c3nccn3Cc3cc(Cl)ccc3Cl)CC2)c1. The molecule has 0 radical (unpaired) electrons. The van der Waals surface area contributed by atoms with E-state index in [1.54, 1.807) is 23.2 Å². The Morgan fingerprint density at radius 1 is 1.17 bits per heavy atom. The van der Waals surface area contributed by atoms with E-state index in [4.69, 9.17) is 23.2 Å². The Labute approximate surface area is 211 Å². The van der Waals surface area contributed by atoms with E-state index in [2.05, 4.69) is 10.3 Å². The van der Waals surface area contributed by atoms with Gasteiger partial charge in [0.15, 0.2) is 0 Å². The molecule has 1 aliphatic heterocycles. The van der Waals surface area contributed by atoms with Gasteiger partial charge in [0.05, 0.1) is 11.5 Å². The number of halogens is 2. The molecule has 0 atom stereocenters. The van der Waals surface area contributed by atoms with Crippen LogP contribution in [-0.4, -0.2) is 44.3 Å². The maximum Gasteiger partial charge on any atom is 0.282 e. The molecule has 9 nitrogen and oxygen atoms in total. The van der Waals surface area contributed by atoms with Gasteiger partial charge in [0.1, 0.15) is 11.4 Å². The van der Waals surface area contributed by atoms with Gasteiger partial charge in [0, 0.05) is 60.1 Å². The van der Waals surface area contributed by atoms with Crippen LogP contribution >= 0.6 is 23.2 Å². The maximum absolute atomic E-state index is 13.2. The summed E-state index contributed by atoms with van der Waals surface area (Å²) in [6.07, 6.45) is 4.94. The van der Waals surface area contributed by atoms with Gasteiger partial charge in [0.2, 0.25) is 5.91 Å². The number of likely N-dealkylation sites (tertiary alicyclic amines) is 1. The molecule has 0 unspecified atom stereocenters. The summed E-state index contributed by atoms with van der Waals surface area (Å²) < 4.78 is 2.03. The van der Waals surface area contributed by atoms with Crippen molar-refractivity contribution >= 4 is 46.4 Å². The molecule has 2 amide bonds. The monoisotopic (exact) mass is 515 g/mol. The molecule has 1 saturated heterocycles. The zero-order chi connectivity index (χ0) is 25.1. The minimum Gasteiger partial charge on any atom is -0.338 e. The Hall–Kier alpha value is -3.43. The lowest BCUT2D eigenvalue weighted by atomic mass is 9.95. The fraction of sp³-hybridized carbons (Fsp3) is 0.292. The molecule has 0 aliphatic carbocycles. The number of nitrogens with zero attached hydrogens (tertiary/aromatic N) is 4. The van der Waals surface area contributed by atoms with Crippen molar-refractivity contribution in [1.29, 1.82) is 0 Å². The summed E-state index contributed by atoms with van der Waals surface area (Å²) in [5, 5.41) is 15.3. The predicted molar refractivity (Wildman–Crippen MR) is 133 cm³/mol. The van der Waals surface area contributed by atoms with Crippen LogP contribution in [0.1, 0.15) is 47.4 Å². The Morgan fingerprint density at radius 2 is 1.91 bits per heavy atom. The number of benzene rings is 2. The zero-order valence-electron chi connectivity index (χ0n) is 18.9. The van der Waals surface area contributed by atoms with Crippen LogP contribution in [0.3, 0.4) is 0 Å². The van der Waals surface area contributed by atoms with E-state index in [-0.39, 0.29) is 23.1 Å². The van der Waals surface area contributed by atoms with Crippen LogP contribution in [0.2, 0.25) is 10.0 Å². The van der Waals surface area contributed by atoms with Crippen molar-refractivity contribution in [3.63, 3.8) is 0 Å². The Balaban J connectivity index is 1.48. The topological polar surface area (TPSA) is 110 Å². The number of nitrogens with one attached hydrogen (secondary N) is 1. The van der Waals surface area contributed by atoms with Crippen molar-refractivity contribution in [2.45, 2.75) is 32.2 Å². The van der Waals surface area contributed by atoms with Gasteiger partial charge in [0.25, 0.3) is 11.6 Å². The van der Waals surface area contributed by atoms with E-state index in [0.717, 1.165) is 11.4 Å². The maximum atomic E-state index is 13.2. The second-order valence-corrected chi connectivity index (χ2v) is 9.23. The molecule has 0 bridgehead atoms. The average Bonchev–Trinajstić information content (AvgIpc) is 3.28. The van der Waals surface area contributed by atoms with E-state index >= 15 is 0 Å². The van der Waals surface area contributed by atoms with Gasteiger partial charge >= 0.3 is 0 Å². The summed E-state index contributed by atoms with van der Waals surface area (Å²) in [6, 6.07) is 9.34. The van der Waals surface area contributed by atoms with Gasteiger partial charge < -0.3 is 14.8 Å². The van der Waals surface area contributed by atoms with Crippen molar-refractivity contribution in [2.24, 2.45) is 0 Å². The van der Waals surface area contributed by atoms with Gasteiger partial charge in [-0.2, -0.15) is 0 Å². The number of carbonyl (C=O) groups is 2. The van der Waals surface area contributed by atoms with E-state index in [0.29, 0.717) is 48.2 Å². The number of anilines is 1. The first-order valence-electron chi connectivity index (χ1n) is 11.0. The first kappa shape index (κ1) is 24.7. The lowest BCUT2D eigenvalue weighted by Gasteiger charge is -2.32. The molecule has 3 aromatic rings. The van der Waals surface area contributed by atoms with Crippen molar-refractivity contribution in [3.05, 3.63) is 85.9 Å². The number of aromatic nitrogens is 2. The fourth-order valence-electron chi connectivity index (χ4n) is 4.32. The number of imidazole rings is 1. The summed E-state index contributed by atoms with van der Waals surface area (Å²) in [6.45, 7) is 2.71. The summed E-state index contributed by atoms with van der Waals surface area (Å²) in [5.41, 5.74) is 0.886. The molecule has 1 N–H and O–H groups in total. The molecule has 182 valence electrons. The minimum atomic E-state index is -0.588. The third-order valence-corrected chi connectivity index (χ3v) is 6.59. The quantitative estimate of drug-likeness (QED) is 0.361. The average molecular weight is 516 g/mol. The van der Waals surface area contributed by atoms with Crippen LogP contribution < -0.4 is 5.32 Å². The third-order valence-electron chi connectivity index (χ3n) is 5.99. The van der Waals surface area contributed by atoms with E-state index in [1.165, 1.54) is 25.1 Å². The predicted octanol–water partition coefficient (Wildman–Crippen LogP) is 5.12. The molecule has 1 aromatic heterocycles. The molecule has 0 saturated carbocycles. The lowest BCUT2D eigenvalue weighted by molar-refractivity contribution is -0.385. The van der Waals surface area contributed by atoms with E-state index < -0.39 is 10.8 Å². The second-order valence-electron chi connectivity index (χ2n) is 8.39. The number of amides is 2. The standard InChI is InChI=1S/C24H23Cl2N5O4/c1-15(32)28-19-3-5-22(31(34)35)20(13-19)24(33)29-9-6-16(7-10-29)23-27-8-11-30(23)14-17-12-18(25)2-4-21(17)26/h2-5,8,11-13,16H,6-7,9-10,14H2,1H3,(H,28,32). The van der Waals surface area contributed by atoms with Gasteiger partial charge in [-0.1, -0.05) is 23.2 Å². The molecule has 35 heavy (non-hydrogen) atoms. The highest BCUT2D eigenvalue weighted by Crippen LogP contribution is 2.31. The van der Waals surface area contributed by atoms with Crippen molar-refractivity contribution in [3.8, 4) is 0 Å². The van der Waals surface area contributed by atoms with Crippen molar-refractivity contribution in [2.75, 3.05) is 18.4 Å². The first-order chi connectivity index (χ1) is 16.7. The largest absolute Gasteiger partial charge is 0.338 e. The molecule has 1 aliphatic rings. The van der Waals surface area contributed by atoms with E-state index in [1.807, 2.05) is 16.8 Å². The molecule has 2 heterocycles. The number of piperidine rings is 1. The van der Waals surface area contributed by atoms with Crippen LogP contribution in [0.4, 0.5) is 11.4 Å². The normalized spacial score (nSPS) is 14.1. The highest BCUT2D eigenvalue weighted by Gasteiger charge is 2.30. The van der Waals surface area contributed by atoms with Crippen LogP contribution in [0, 0.1) is 10.1 Å². The number of hydrogen-bond donors (Lipinski definition) is 1. The molecule has 11 heteroatoms. The number of hydrogen-bond acceptors (Lipinski definition) is 5. The summed E-state index contributed by atoms with van der Waals surface area (Å²) in [5.74, 6) is 0.253. The Kier molecular flexibility index (Phi) is 7.37. The fourth-order valence-corrected chi connectivity index (χ4v) is 4.69.